The van der Waals surface area contributed by atoms with Gasteiger partial charge in [0.1, 0.15) is 5.75 Å². The molecule has 0 spiro atoms. The summed E-state index contributed by atoms with van der Waals surface area (Å²) in [4.78, 5) is 36.3. The summed E-state index contributed by atoms with van der Waals surface area (Å²) in [5, 5.41) is 32.8. The summed E-state index contributed by atoms with van der Waals surface area (Å²) >= 11 is 0. The van der Waals surface area contributed by atoms with Crippen molar-refractivity contribution in [2.45, 2.75) is 32.1 Å². The second-order valence-corrected chi connectivity index (χ2v) is 7.82. The zero-order chi connectivity index (χ0) is 24.9. The van der Waals surface area contributed by atoms with Gasteiger partial charge < -0.3 is 25.6 Å². The van der Waals surface area contributed by atoms with Crippen LogP contribution in [-0.2, 0) is 27.2 Å². The van der Waals surface area contributed by atoms with Crippen LogP contribution in [0, 0.1) is 5.92 Å². The molecule has 10 heteroatoms. The summed E-state index contributed by atoms with van der Waals surface area (Å²) in [6.45, 7) is 0.0203. The number of aryl methyl sites for hydroxylation is 1. The molecule has 10 nitrogen and oxygen atoms in total. The third-order valence-electron chi connectivity index (χ3n) is 5.30. The number of benzene rings is 2. The highest BCUT2D eigenvalue weighted by Crippen LogP contribution is 2.24. The van der Waals surface area contributed by atoms with Gasteiger partial charge in [-0.25, -0.2) is 5.48 Å². The molecule has 0 bridgehead atoms. The molecule has 184 valence electrons. The number of hydrogen-bond donors (Lipinski definition) is 6. The van der Waals surface area contributed by atoms with Gasteiger partial charge in [0, 0.05) is 18.9 Å². The average Bonchev–Trinajstić information content (AvgIpc) is 2.84. The molecule has 0 saturated carbocycles. The number of nitrogens with one attached hydrogen (secondary N) is 3. The fourth-order valence-electron chi connectivity index (χ4n) is 3.39. The number of phenols is 2. The number of methoxy groups -OCH3 is 1. The number of carbonyl (C=O) groups is 3. The minimum atomic E-state index is -0.696. The molecule has 0 aromatic heterocycles. The summed E-state index contributed by atoms with van der Waals surface area (Å²) in [6.07, 6.45) is 1.96. The first kappa shape index (κ1) is 26.5. The molecule has 2 rings (SSSR count). The second-order valence-electron chi connectivity index (χ2n) is 7.82. The summed E-state index contributed by atoms with van der Waals surface area (Å²) in [7, 11) is 1.59. The predicted octanol–water partition coefficient (Wildman–Crippen LogP) is 1.42. The van der Waals surface area contributed by atoms with Crippen LogP contribution < -0.4 is 20.9 Å². The van der Waals surface area contributed by atoms with Crippen molar-refractivity contribution in [1.82, 2.24) is 16.1 Å². The summed E-state index contributed by atoms with van der Waals surface area (Å²) in [5.74, 6) is -1.92. The molecule has 0 aliphatic rings. The Morgan fingerprint density at radius 1 is 0.912 bits per heavy atom. The van der Waals surface area contributed by atoms with Crippen LogP contribution in [0.3, 0.4) is 0 Å². The fraction of sp³-hybridized carbons (Fsp3) is 0.375. The largest absolute Gasteiger partial charge is 0.504 e. The van der Waals surface area contributed by atoms with E-state index in [1.165, 1.54) is 12.1 Å². The summed E-state index contributed by atoms with van der Waals surface area (Å²) < 4.78 is 5.13. The van der Waals surface area contributed by atoms with Gasteiger partial charge in [-0.15, -0.1) is 0 Å². The number of ether oxygens (including phenoxy) is 1. The van der Waals surface area contributed by atoms with Crippen LogP contribution >= 0.6 is 0 Å². The maximum absolute atomic E-state index is 12.6. The maximum atomic E-state index is 12.6. The second kappa shape index (κ2) is 13.7. The van der Waals surface area contributed by atoms with Crippen molar-refractivity contribution >= 4 is 17.7 Å². The van der Waals surface area contributed by atoms with Crippen LogP contribution in [0.25, 0.3) is 0 Å². The number of hydroxylamine groups is 1. The van der Waals surface area contributed by atoms with E-state index < -0.39 is 23.6 Å². The molecule has 0 aliphatic carbocycles. The van der Waals surface area contributed by atoms with E-state index >= 15 is 0 Å². The van der Waals surface area contributed by atoms with Crippen LogP contribution in [0.1, 0.15) is 30.4 Å². The maximum Gasteiger partial charge on any atom is 0.244 e. The Kier molecular flexibility index (Phi) is 10.7. The molecule has 0 aliphatic heterocycles. The Labute approximate surface area is 197 Å². The van der Waals surface area contributed by atoms with Crippen LogP contribution in [-0.4, -0.2) is 53.3 Å². The van der Waals surface area contributed by atoms with Gasteiger partial charge in [-0.05, 0) is 61.1 Å². The van der Waals surface area contributed by atoms with Gasteiger partial charge >= 0.3 is 0 Å². The van der Waals surface area contributed by atoms with Crippen LogP contribution in [0.2, 0.25) is 0 Å². The number of phenolic OH excluding ortho intramolecular Hbond substituents is 2. The minimum absolute atomic E-state index is 0.198. The number of hydrogen-bond acceptors (Lipinski definition) is 7. The van der Waals surface area contributed by atoms with Crippen molar-refractivity contribution < 1.29 is 34.5 Å². The number of carbonyl (C=O) groups excluding carboxylic acids is 3. The standard InChI is InChI=1S/C24H31N3O7/c1-34-19-8-5-16(6-9-19)3-2-4-18(14-22(30)27-33)24(32)26-15-23(31)25-12-11-17-7-10-20(28)21(29)13-17/h5-10,13,18,28-29,33H,2-4,11-12,14-15H2,1H3,(H,25,31)(H,26,32)(H,27,30)/t18-/m1/s1. The van der Waals surface area contributed by atoms with Crippen molar-refractivity contribution in [3.63, 3.8) is 0 Å². The Balaban J connectivity index is 1.78. The SMILES string of the molecule is COc1ccc(CCC[C@H](CC(=O)NO)C(=O)NCC(=O)NCCc2ccc(O)c(O)c2)cc1. The molecule has 6 N–H and O–H groups in total. The van der Waals surface area contributed by atoms with Gasteiger partial charge in [0.15, 0.2) is 11.5 Å². The van der Waals surface area contributed by atoms with Crippen molar-refractivity contribution in [3.8, 4) is 17.2 Å². The van der Waals surface area contributed by atoms with E-state index in [0.717, 1.165) is 16.9 Å². The summed E-state index contributed by atoms with van der Waals surface area (Å²) in [5.41, 5.74) is 3.33. The van der Waals surface area contributed by atoms with Gasteiger partial charge in [0.2, 0.25) is 17.7 Å². The highest BCUT2D eigenvalue weighted by molar-refractivity contribution is 5.88. The minimum Gasteiger partial charge on any atom is -0.504 e. The van der Waals surface area contributed by atoms with Crippen LogP contribution in [0.15, 0.2) is 42.5 Å². The molecule has 0 radical (unpaired) electrons. The third kappa shape index (κ3) is 8.99. The Hall–Kier alpha value is -3.79. The monoisotopic (exact) mass is 473 g/mol. The Morgan fingerprint density at radius 2 is 1.62 bits per heavy atom. The molecule has 0 saturated heterocycles. The van der Waals surface area contributed by atoms with Crippen LogP contribution in [0.5, 0.6) is 17.2 Å². The van der Waals surface area contributed by atoms with Crippen molar-refractivity contribution in [2.24, 2.45) is 5.92 Å². The number of amides is 3. The number of rotatable bonds is 13. The first-order chi connectivity index (χ1) is 16.3. The number of aromatic hydroxyl groups is 2. The molecule has 2 aromatic rings. The van der Waals surface area contributed by atoms with E-state index in [1.807, 2.05) is 24.3 Å². The smallest absolute Gasteiger partial charge is 0.244 e. The first-order valence-electron chi connectivity index (χ1n) is 10.9. The molecule has 0 unspecified atom stereocenters. The normalized spacial score (nSPS) is 11.4. The molecular weight excluding hydrogens is 442 g/mol. The molecule has 0 heterocycles. The predicted molar refractivity (Wildman–Crippen MR) is 123 cm³/mol. The Morgan fingerprint density at radius 3 is 2.26 bits per heavy atom. The lowest BCUT2D eigenvalue weighted by Gasteiger charge is -2.16. The van der Waals surface area contributed by atoms with Gasteiger partial charge in [-0.1, -0.05) is 18.2 Å². The van der Waals surface area contributed by atoms with E-state index in [-0.39, 0.29) is 31.0 Å². The molecule has 2 aromatic carbocycles. The highest BCUT2D eigenvalue weighted by atomic mass is 16.5. The third-order valence-corrected chi connectivity index (χ3v) is 5.30. The molecule has 34 heavy (non-hydrogen) atoms. The van der Waals surface area contributed by atoms with Gasteiger partial charge in [0.05, 0.1) is 13.7 Å². The molecular formula is C24H31N3O7. The first-order valence-corrected chi connectivity index (χ1v) is 10.9. The van der Waals surface area contributed by atoms with Gasteiger partial charge in [-0.3, -0.25) is 19.6 Å². The average molecular weight is 474 g/mol. The van der Waals surface area contributed by atoms with Crippen LogP contribution in [0.4, 0.5) is 0 Å². The molecule has 0 fully saturated rings. The lowest BCUT2D eigenvalue weighted by Crippen LogP contribution is -2.41. The lowest BCUT2D eigenvalue weighted by atomic mass is 9.95. The van der Waals surface area contributed by atoms with E-state index in [4.69, 9.17) is 9.94 Å². The van der Waals surface area contributed by atoms with Gasteiger partial charge in [-0.2, -0.15) is 0 Å². The lowest BCUT2D eigenvalue weighted by molar-refractivity contribution is -0.135. The zero-order valence-electron chi connectivity index (χ0n) is 19.0. The molecule has 1 atom stereocenters. The van der Waals surface area contributed by atoms with E-state index in [0.29, 0.717) is 25.7 Å². The summed E-state index contributed by atoms with van der Waals surface area (Å²) in [6, 6.07) is 12.0. The topological polar surface area (TPSA) is 157 Å². The van der Waals surface area contributed by atoms with E-state index in [1.54, 1.807) is 18.7 Å². The van der Waals surface area contributed by atoms with Gasteiger partial charge in [0.25, 0.3) is 0 Å². The fourth-order valence-corrected chi connectivity index (χ4v) is 3.39. The quantitative estimate of drug-likeness (QED) is 0.146. The van der Waals surface area contributed by atoms with Crippen molar-refractivity contribution in [3.05, 3.63) is 53.6 Å². The highest BCUT2D eigenvalue weighted by Gasteiger charge is 2.22. The Bertz CT molecular complexity index is 964. The van der Waals surface area contributed by atoms with Crippen molar-refractivity contribution in [2.75, 3.05) is 20.2 Å². The van der Waals surface area contributed by atoms with E-state index in [2.05, 4.69) is 10.6 Å². The zero-order valence-corrected chi connectivity index (χ0v) is 19.0. The molecule has 3 amide bonds. The van der Waals surface area contributed by atoms with E-state index in [9.17, 15) is 24.6 Å². The van der Waals surface area contributed by atoms with Crippen molar-refractivity contribution in [1.29, 1.82) is 0 Å².